The molecule has 6 heteroatoms. The molecule has 0 radical (unpaired) electrons. The quantitative estimate of drug-likeness (QED) is 0.796. The molecule has 2 amide bonds. The van der Waals surface area contributed by atoms with Crippen molar-refractivity contribution in [2.75, 3.05) is 25.6 Å². The van der Waals surface area contributed by atoms with Gasteiger partial charge in [-0.2, -0.15) is 0 Å². The van der Waals surface area contributed by atoms with Gasteiger partial charge in [-0.25, -0.2) is 4.79 Å². The smallest absolute Gasteiger partial charge is 0.322 e. The van der Waals surface area contributed by atoms with Crippen LogP contribution >= 0.6 is 0 Å². The van der Waals surface area contributed by atoms with Gasteiger partial charge in [0, 0.05) is 17.8 Å². The van der Waals surface area contributed by atoms with Gasteiger partial charge in [-0.15, -0.1) is 0 Å². The third-order valence-corrected chi connectivity index (χ3v) is 4.40. The molecule has 3 N–H and O–H groups in total. The lowest BCUT2D eigenvalue weighted by Crippen LogP contribution is -2.40. The largest absolute Gasteiger partial charge is 0.496 e. The number of ether oxygens (including phenoxy) is 1. The Kier molecular flexibility index (Phi) is 5.21. The number of likely N-dealkylation sites (tertiary alicyclic amines) is 1. The van der Waals surface area contributed by atoms with Gasteiger partial charge < -0.3 is 25.2 Å². The third kappa shape index (κ3) is 3.75. The Morgan fingerprint density at radius 1 is 1.28 bits per heavy atom. The van der Waals surface area contributed by atoms with Crippen molar-refractivity contribution in [3.8, 4) is 16.9 Å². The summed E-state index contributed by atoms with van der Waals surface area (Å²) < 4.78 is 5.39. The standard InChI is InChI=1S/C19H22N2O4/c1-25-18-8-3-2-7-17(18)13-5-4-6-14(9-13)20-19(24)21-11-16(23)10-15(21)12-22/h2-9,15-16,22-23H,10-12H2,1H3,(H,20,24)/t15-,16-/m1/s1. The fourth-order valence-electron chi connectivity index (χ4n) is 3.16. The van der Waals surface area contributed by atoms with Crippen molar-refractivity contribution in [3.05, 3.63) is 48.5 Å². The van der Waals surface area contributed by atoms with Crippen LogP contribution in [0.1, 0.15) is 6.42 Å². The fourth-order valence-corrected chi connectivity index (χ4v) is 3.16. The average molecular weight is 342 g/mol. The molecule has 1 heterocycles. The van der Waals surface area contributed by atoms with E-state index in [1.165, 1.54) is 4.90 Å². The van der Waals surface area contributed by atoms with E-state index in [2.05, 4.69) is 5.32 Å². The third-order valence-electron chi connectivity index (χ3n) is 4.40. The number of urea groups is 1. The minimum atomic E-state index is -0.595. The second-order valence-electron chi connectivity index (χ2n) is 6.09. The van der Waals surface area contributed by atoms with E-state index < -0.39 is 6.10 Å². The number of carbonyl (C=O) groups is 1. The van der Waals surface area contributed by atoms with Crippen molar-refractivity contribution in [1.29, 1.82) is 0 Å². The Morgan fingerprint density at radius 3 is 2.84 bits per heavy atom. The maximum atomic E-state index is 12.5. The molecule has 0 saturated carbocycles. The number of hydrogen-bond acceptors (Lipinski definition) is 4. The molecule has 6 nitrogen and oxygen atoms in total. The molecule has 0 bridgehead atoms. The summed E-state index contributed by atoms with van der Waals surface area (Å²) in [7, 11) is 1.62. The lowest BCUT2D eigenvalue weighted by atomic mass is 10.0. The summed E-state index contributed by atoms with van der Waals surface area (Å²) in [5.74, 6) is 0.758. The van der Waals surface area contributed by atoms with Crippen LogP contribution in [0.2, 0.25) is 0 Å². The van der Waals surface area contributed by atoms with Gasteiger partial charge in [0.25, 0.3) is 0 Å². The molecule has 1 saturated heterocycles. The van der Waals surface area contributed by atoms with Gasteiger partial charge >= 0.3 is 6.03 Å². The summed E-state index contributed by atoms with van der Waals surface area (Å²) in [4.78, 5) is 13.9. The van der Waals surface area contributed by atoms with E-state index in [1.54, 1.807) is 13.2 Å². The minimum absolute atomic E-state index is 0.161. The average Bonchev–Trinajstić information content (AvgIpc) is 3.03. The van der Waals surface area contributed by atoms with Gasteiger partial charge in [0.05, 0.1) is 25.9 Å². The van der Waals surface area contributed by atoms with E-state index in [-0.39, 0.29) is 25.2 Å². The van der Waals surface area contributed by atoms with Crippen LogP contribution in [0.4, 0.5) is 10.5 Å². The monoisotopic (exact) mass is 342 g/mol. The molecule has 0 aliphatic carbocycles. The molecule has 1 aliphatic heterocycles. The lowest BCUT2D eigenvalue weighted by Gasteiger charge is -2.23. The highest BCUT2D eigenvalue weighted by Gasteiger charge is 2.33. The molecule has 2 aromatic rings. The molecule has 1 fully saturated rings. The maximum Gasteiger partial charge on any atom is 0.322 e. The number of para-hydroxylation sites is 1. The first kappa shape index (κ1) is 17.3. The zero-order valence-corrected chi connectivity index (χ0v) is 14.1. The van der Waals surface area contributed by atoms with Crippen molar-refractivity contribution in [2.45, 2.75) is 18.6 Å². The summed E-state index contributed by atoms with van der Waals surface area (Å²) >= 11 is 0. The molecule has 25 heavy (non-hydrogen) atoms. The highest BCUT2D eigenvalue weighted by Crippen LogP contribution is 2.31. The first-order chi connectivity index (χ1) is 12.1. The Bertz CT molecular complexity index is 750. The van der Waals surface area contributed by atoms with Crippen molar-refractivity contribution in [3.63, 3.8) is 0 Å². The maximum absolute atomic E-state index is 12.5. The van der Waals surface area contributed by atoms with Crippen LogP contribution in [0.3, 0.4) is 0 Å². The summed E-state index contributed by atoms with van der Waals surface area (Å²) in [5.41, 5.74) is 2.51. The second kappa shape index (κ2) is 7.55. The van der Waals surface area contributed by atoms with E-state index in [0.29, 0.717) is 12.1 Å². The van der Waals surface area contributed by atoms with Gasteiger partial charge in [-0.05, 0) is 30.2 Å². The number of carbonyl (C=O) groups excluding carboxylic acids is 1. The van der Waals surface area contributed by atoms with Crippen LogP contribution in [0.15, 0.2) is 48.5 Å². The van der Waals surface area contributed by atoms with E-state index in [4.69, 9.17) is 4.74 Å². The number of benzene rings is 2. The highest BCUT2D eigenvalue weighted by atomic mass is 16.5. The van der Waals surface area contributed by atoms with Gasteiger partial charge in [-0.1, -0.05) is 30.3 Å². The normalized spacial score (nSPS) is 19.7. The van der Waals surface area contributed by atoms with Gasteiger partial charge in [-0.3, -0.25) is 0 Å². The summed E-state index contributed by atoms with van der Waals surface area (Å²) in [6, 6.07) is 14.5. The number of β-amino-alcohol motifs (C(OH)–C–C–N with tert-alkyl or cyclic N) is 1. The minimum Gasteiger partial charge on any atom is -0.496 e. The summed E-state index contributed by atoms with van der Waals surface area (Å²) in [5, 5.41) is 21.9. The van der Waals surface area contributed by atoms with Crippen LogP contribution < -0.4 is 10.1 Å². The zero-order chi connectivity index (χ0) is 17.8. The number of nitrogens with one attached hydrogen (secondary N) is 1. The topological polar surface area (TPSA) is 82.0 Å². The van der Waals surface area contributed by atoms with Gasteiger partial charge in [0.1, 0.15) is 5.75 Å². The van der Waals surface area contributed by atoms with Crippen molar-refractivity contribution >= 4 is 11.7 Å². The van der Waals surface area contributed by atoms with Gasteiger partial charge in [0.15, 0.2) is 0 Å². The van der Waals surface area contributed by atoms with E-state index in [9.17, 15) is 15.0 Å². The van der Waals surface area contributed by atoms with Gasteiger partial charge in [0.2, 0.25) is 0 Å². The first-order valence-corrected chi connectivity index (χ1v) is 8.22. The number of aliphatic hydroxyl groups is 2. The molecular formula is C19H22N2O4. The number of aliphatic hydroxyl groups excluding tert-OH is 2. The summed E-state index contributed by atoms with van der Waals surface area (Å²) in [6.07, 6.45) is -0.201. The molecule has 132 valence electrons. The second-order valence-corrected chi connectivity index (χ2v) is 6.09. The van der Waals surface area contributed by atoms with E-state index >= 15 is 0 Å². The van der Waals surface area contributed by atoms with Crippen LogP contribution in [-0.2, 0) is 0 Å². The van der Waals surface area contributed by atoms with Crippen LogP contribution in [-0.4, -0.2) is 53.6 Å². The lowest BCUT2D eigenvalue weighted by molar-refractivity contribution is 0.164. The summed E-state index contributed by atoms with van der Waals surface area (Å²) in [6.45, 7) is 0.0645. The number of rotatable bonds is 4. The molecule has 1 aliphatic rings. The number of nitrogens with zero attached hydrogens (tertiary/aromatic N) is 1. The predicted octanol–water partition coefficient (Wildman–Crippen LogP) is 2.32. The number of amides is 2. The van der Waals surface area contributed by atoms with Crippen molar-refractivity contribution in [1.82, 2.24) is 4.90 Å². The molecule has 0 spiro atoms. The molecular weight excluding hydrogens is 320 g/mol. The van der Waals surface area contributed by atoms with E-state index in [1.807, 2.05) is 42.5 Å². The van der Waals surface area contributed by atoms with E-state index in [0.717, 1.165) is 16.9 Å². The Balaban J connectivity index is 1.79. The molecule has 2 atom stereocenters. The first-order valence-electron chi connectivity index (χ1n) is 8.22. The number of hydrogen-bond donors (Lipinski definition) is 3. The van der Waals surface area contributed by atoms with Crippen molar-refractivity contribution in [2.24, 2.45) is 0 Å². The molecule has 0 unspecified atom stereocenters. The zero-order valence-electron chi connectivity index (χ0n) is 14.1. The van der Waals surface area contributed by atoms with Crippen molar-refractivity contribution < 1.29 is 19.7 Å². The predicted molar refractivity (Wildman–Crippen MR) is 95.7 cm³/mol. The van der Waals surface area contributed by atoms with Crippen LogP contribution in [0, 0.1) is 0 Å². The highest BCUT2D eigenvalue weighted by molar-refractivity contribution is 5.91. The number of methoxy groups -OCH3 is 1. The van der Waals surface area contributed by atoms with Crippen LogP contribution in [0.25, 0.3) is 11.1 Å². The SMILES string of the molecule is COc1ccccc1-c1cccc(NC(=O)N2C[C@H](O)C[C@@H]2CO)c1. The Morgan fingerprint density at radius 2 is 2.08 bits per heavy atom. The number of anilines is 1. The molecule has 2 aromatic carbocycles. The fraction of sp³-hybridized carbons (Fsp3) is 0.316. The molecule has 3 rings (SSSR count). The Labute approximate surface area is 146 Å². The molecule has 0 aromatic heterocycles. The Hall–Kier alpha value is -2.57. The van der Waals surface area contributed by atoms with Crippen LogP contribution in [0.5, 0.6) is 5.75 Å².